The van der Waals surface area contributed by atoms with Crippen molar-refractivity contribution >= 4 is 11.6 Å². The second-order valence-corrected chi connectivity index (χ2v) is 6.64. The summed E-state index contributed by atoms with van der Waals surface area (Å²) in [6, 6.07) is 15.5. The Balaban J connectivity index is 2.09. The van der Waals surface area contributed by atoms with E-state index in [1.807, 2.05) is 6.92 Å². The molecule has 0 atom stereocenters. The van der Waals surface area contributed by atoms with E-state index in [0.29, 0.717) is 28.8 Å². The largest absolute Gasteiger partial charge is 0.508 e. The highest BCUT2D eigenvalue weighted by Crippen LogP contribution is 2.49. The van der Waals surface area contributed by atoms with Gasteiger partial charge in [-0.25, -0.2) is 4.39 Å². The van der Waals surface area contributed by atoms with E-state index in [4.69, 9.17) is 0 Å². The number of phenolic OH excluding ortho intramolecular Hbond substituents is 2. The maximum Gasteiger partial charge on any atom is 0.244 e. The SMILES string of the molecule is CCc1cc(F)cc2c1NC(=O)C2(c1ccc(O)cc1)c1ccc(O)cc1. The number of amides is 1. The molecule has 0 bridgehead atoms. The lowest BCUT2D eigenvalue weighted by molar-refractivity contribution is -0.118. The smallest absolute Gasteiger partial charge is 0.244 e. The molecule has 1 aliphatic heterocycles. The minimum Gasteiger partial charge on any atom is -0.508 e. The third-order valence-electron chi connectivity index (χ3n) is 5.15. The van der Waals surface area contributed by atoms with E-state index < -0.39 is 11.2 Å². The summed E-state index contributed by atoms with van der Waals surface area (Å²) in [7, 11) is 0. The summed E-state index contributed by atoms with van der Waals surface area (Å²) in [6.45, 7) is 1.91. The van der Waals surface area contributed by atoms with Gasteiger partial charge in [-0.05, 0) is 59.5 Å². The third-order valence-corrected chi connectivity index (χ3v) is 5.15. The van der Waals surface area contributed by atoms with Gasteiger partial charge in [0.05, 0.1) is 0 Å². The fourth-order valence-electron chi connectivity index (χ4n) is 3.88. The van der Waals surface area contributed by atoms with Crippen LogP contribution in [0.4, 0.5) is 10.1 Å². The summed E-state index contributed by atoms with van der Waals surface area (Å²) in [5.74, 6) is -0.559. The van der Waals surface area contributed by atoms with Gasteiger partial charge in [-0.1, -0.05) is 31.2 Å². The molecule has 0 aliphatic carbocycles. The van der Waals surface area contributed by atoms with Gasteiger partial charge in [0.25, 0.3) is 0 Å². The monoisotopic (exact) mass is 363 g/mol. The Morgan fingerprint density at radius 2 is 1.44 bits per heavy atom. The number of aryl methyl sites for hydroxylation is 1. The summed E-state index contributed by atoms with van der Waals surface area (Å²) >= 11 is 0. The highest BCUT2D eigenvalue weighted by Gasteiger charge is 2.50. The zero-order chi connectivity index (χ0) is 19.2. The lowest BCUT2D eigenvalue weighted by atomic mass is 9.70. The molecule has 4 rings (SSSR count). The van der Waals surface area contributed by atoms with Crippen LogP contribution in [0.3, 0.4) is 0 Å². The van der Waals surface area contributed by atoms with Gasteiger partial charge < -0.3 is 15.5 Å². The van der Waals surface area contributed by atoms with Gasteiger partial charge in [-0.15, -0.1) is 0 Å². The molecule has 3 aromatic rings. The lowest BCUT2D eigenvalue weighted by Crippen LogP contribution is -2.37. The van der Waals surface area contributed by atoms with Crippen LogP contribution in [0.5, 0.6) is 11.5 Å². The fourth-order valence-corrected chi connectivity index (χ4v) is 3.88. The molecule has 0 saturated heterocycles. The molecule has 0 aromatic heterocycles. The minimum absolute atomic E-state index is 0.0757. The fraction of sp³-hybridized carbons (Fsp3) is 0.136. The van der Waals surface area contributed by atoms with Crippen molar-refractivity contribution in [3.8, 4) is 11.5 Å². The van der Waals surface area contributed by atoms with Crippen LogP contribution >= 0.6 is 0 Å². The van der Waals surface area contributed by atoms with Crippen LogP contribution in [0, 0.1) is 5.82 Å². The van der Waals surface area contributed by atoms with Crippen LogP contribution in [0.1, 0.15) is 29.2 Å². The van der Waals surface area contributed by atoms with Crippen LogP contribution in [0.15, 0.2) is 60.7 Å². The van der Waals surface area contributed by atoms with Gasteiger partial charge >= 0.3 is 0 Å². The molecule has 0 spiro atoms. The summed E-state index contributed by atoms with van der Waals surface area (Å²) in [4.78, 5) is 13.3. The molecular formula is C22H18FNO3. The van der Waals surface area contributed by atoms with Crippen LogP contribution in [0.25, 0.3) is 0 Å². The quantitative estimate of drug-likeness (QED) is 0.657. The maximum absolute atomic E-state index is 14.4. The molecule has 27 heavy (non-hydrogen) atoms. The topological polar surface area (TPSA) is 69.6 Å². The van der Waals surface area contributed by atoms with E-state index in [0.717, 1.165) is 5.56 Å². The number of nitrogens with one attached hydrogen (secondary N) is 1. The van der Waals surface area contributed by atoms with Crippen molar-refractivity contribution in [1.82, 2.24) is 0 Å². The molecule has 3 aromatic carbocycles. The van der Waals surface area contributed by atoms with E-state index in [2.05, 4.69) is 5.32 Å². The van der Waals surface area contributed by atoms with Crippen molar-refractivity contribution in [2.24, 2.45) is 0 Å². The Morgan fingerprint density at radius 1 is 0.926 bits per heavy atom. The first-order valence-electron chi connectivity index (χ1n) is 8.70. The number of anilines is 1. The van der Waals surface area contributed by atoms with Crippen molar-refractivity contribution < 1.29 is 19.4 Å². The first-order chi connectivity index (χ1) is 13.0. The molecule has 5 heteroatoms. The van der Waals surface area contributed by atoms with Gasteiger partial charge in [0.2, 0.25) is 5.91 Å². The second-order valence-electron chi connectivity index (χ2n) is 6.64. The van der Waals surface area contributed by atoms with Crippen molar-refractivity contribution in [2.45, 2.75) is 18.8 Å². The Kier molecular flexibility index (Phi) is 3.88. The molecule has 1 heterocycles. The number of rotatable bonds is 3. The number of hydrogen-bond acceptors (Lipinski definition) is 3. The Morgan fingerprint density at radius 3 is 1.93 bits per heavy atom. The highest BCUT2D eigenvalue weighted by atomic mass is 19.1. The van der Waals surface area contributed by atoms with Crippen molar-refractivity contribution in [1.29, 1.82) is 0 Å². The molecule has 0 saturated carbocycles. The maximum atomic E-state index is 14.4. The number of carbonyl (C=O) groups excluding carboxylic acids is 1. The normalized spacial score (nSPS) is 14.7. The minimum atomic E-state index is -1.28. The number of phenols is 2. The Bertz CT molecular complexity index is 981. The number of carbonyl (C=O) groups is 1. The molecule has 0 radical (unpaired) electrons. The van der Waals surface area contributed by atoms with Crippen LogP contribution in [0.2, 0.25) is 0 Å². The first-order valence-corrected chi connectivity index (χ1v) is 8.70. The Labute approximate surface area is 155 Å². The average Bonchev–Trinajstić information content (AvgIpc) is 2.95. The van der Waals surface area contributed by atoms with Crippen molar-refractivity contribution in [2.75, 3.05) is 5.32 Å². The number of hydrogen-bond donors (Lipinski definition) is 3. The molecule has 136 valence electrons. The van der Waals surface area contributed by atoms with E-state index in [1.54, 1.807) is 24.3 Å². The second kappa shape index (κ2) is 6.13. The summed E-state index contributed by atoms with van der Waals surface area (Å²) in [5.41, 5.74) is 1.80. The molecule has 1 aliphatic rings. The van der Waals surface area contributed by atoms with E-state index in [9.17, 15) is 19.4 Å². The highest BCUT2D eigenvalue weighted by molar-refractivity contribution is 6.12. The standard InChI is InChI=1S/C22H18FNO3/c1-2-13-11-16(23)12-19-20(13)24-21(27)22(19,14-3-7-17(25)8-4-14)15-5-9-18(26)10-6-15/h3-12,25-26H,2H2,1H3,(H,24,27). The predicted octanol–water partition coefficient (Wildman–Crippen LogP) is 4.09. The van der Waals surface area contributed by atoms with Crippen LogP contribution in [-0.2, 0) is 16.6 Å². The third kappa shape index (κ3) is 2.46. The summed E-state index contributed by atoms with van der Waals surface area (Å²) in [5, 5.41) is 22.3. The first kappa shape index (κ1) is 17.1. The Hall–Kier alpha value is -3.34. The number of halogens is 1. The molecular weight excluding hydrogens is 345 g/mol. The van der Waals surface area contributed by atoms with Gasteiger partial charge in [0.1, 0.15) is 22.7 Å². The van der Waals surface area contributed by atoms with Gasteiger partial charge in [0.15, 0.2) is 0 Å². The van der Waals surface area contributed by atoms with Crippen LogP contribution < -0.4 is 5.32 Å². The summed E-state index contributed by atoms with van der Waals surface area (Å²) in [6.07, 6.45) is 0.571. The molecule has 3 N–H and O–H groups in total. The van der Waals surface area contributed by atoms with Crippen molar-refractivity contribution in [3.05, 3.63) is 88.7 Å². The number of benzene rings is 3. The van der Waals surface area contributed by atoms with Crippen molar-refractivity contribution in [3.63, 3.8) is 0 Å². The van der Waals surface area contributed by atoms with Crippen LogP contribution in [-0.4, -0.2) is 16.1 Å². The lowest BCUT2D eigenvalue weighted by Gasteiger charge is -2.29. The van der Waals surface area contributed by atoms with E-state index in [1.165, 1.54) is 36.4 Å². The van der Waals surface area contributed by atoms with Gasteiger partial charge in [-0.3, -0.25) is 4.79 Å². The summed E-state index contributed by atoms with van der Waals surface area (Å²) < 4.78 is 14.4. The zero-order valence-electron chi connectivity index (χ0n) is 14.7. The predicted molar refractivity (Wildman–Crippen MR) is 101 cm³/mol. The number of fused-ring (bicyclic) bond motifs is 1. The van der Waals surface area contributed by atoms with E-state index >= 15 is 0 Å². The van der Waals surface area contributed by atoms with Gasteiger partial charge in [0, 0.05) is 11.3 Å². The number of aromatic hydroxyl groups is 2. The average molecular weight is 363 g/mol. The molecule has 4 nitrogen and oxygen atoms in total. The van der Waals surface area contributed by atoms with Gasteiger partial charge in [-0.2, -0.15) is 0 Å². The van der Waals surface area contributed by atoms with E-state index in [-0.39, 0.29) is 17.4 Å². The molecule has 1 amide bonds. The molecule has 0 fully saturated rings. The molecule has 0 unspecified atom stereocenters. The zero-order valence-corrected chi connectivity index (χ0v) is 14.7.